The van der Waals surface area contributed by atoms with Crippen LogP contribution >= 0.6 is 0 Å². The zero-order valence-corrected chi connectivity index (χ0v) is 12.8. The summed E-state index contributed by atoms with van der Waals surface area (Å²) in [7, 11) is 1.35. The minimum absolute atomic E-state index is 0.229. The highest BCUT2D eigenvalue weighted by molar-refractivity contribution is 5.95. The molecule has 126 valence electrons. The first-order valence-electron chi connectivity index (χ1n) is 7.30. The lowest BCUT2D eigenvalue weighted by Gasteiger charge is -2.07. The second-order valence-electron chi connectivity index (χ2n) is 5.43. The average molecular weight is 336 g/mol. The third-order valence-electron chi connectivity index (χ3n) is 3.70. The number of para-hydroxylation sites is 1. The van der Waals surface area contributed by atoms with Crippen molar-refractivity contribution in [2.45, 2.75) is 12.6 Å². The summed E-state index contributed by atoms with van der Waals surface area (Å²) in [4.78, 5) is 15.2. The normalized spacial score (nSPS) is 11.8. The lowest BCUT2D eigenvalue weighted by atomic mass is 10.1. The van der Waals surface area contributed by atoms with E-state index in [9.17, 15) is 18.0 Å². The third kappa shape index (κ3) is 3.12. The largest absolute Gasteiger partial charge is 0.435 e. The number of H-pyrrole nitrogens is 1. The van der Waals surface area contributed by atoms with Crippen molar-refractivity contribution in [2.24, 2.45) is 7.05 Å². The lowest BCUT2D eigenvalue weighted by Crippen LogP contribution is -2.27. The van der Waals surface area contributed by atoms with Gasteiger partial charge in [-0.15, -0.1) is 0 Å². The maximum atomic E-state index is 12.9. The number of hydrogen-bond acceptors (Lipinski definition) is 2. The summed E-state index contributed by atoms with van der Waals surface area (Å²) < 4.78 is 39.6. The Hall–Kier alpha value is -2.77. The summed E-state index contributed by atoms with van der Waals surface area (Å²) in [5, 5.41) is 6.88. The van der Waals surface area contributed by atoms with Crippen LogP contribution in [0.15, 0.2) is 36.7 Å². The number of aromatic amines is 1. The molecular weight excluding hydrogens is 321 g/mol. The fourth-order valence-corrected chi connectivity index (χ4v) is 2.61. The number of nitrogens with zero attached hydrogens (tertiary/aromatic N) is 2. The Bertz CT molecular complexity index is 879. The van der Waals surface area contributed by atoms with E-state index >= 15 is 0 Å². The van der Waals surface area contributed by atoms with Crippen molar-refractivity contribution in [3.8, 4) is 0 Å². The first-order chi connectivity index (χ1) is 11.4. The van der Waals surface area contributed by atoms with E-state index in [1.807, 2.05) is 30.5 Å². The summed E-state index contributed by atoms with van der Waals surface area (Å²) in [6, 6.07) is 7.70. The van der Waals surface area contributed by atoms with E-state index in [1.54, 1.807) is 0 Å². The van der Waals surface area contributed by atoms with Gasteiger partial charge in [-0.2, -0.15) is 18.3 Å². The van der Waals surface area contributed by atoms with E-state index in [0.717, 1.165) is 27.3 Å². The second kappa shape index (κ2) is 6.03. The molecule has 0 aliphatic heterocycles. The second-order valence-corrected chi connectivity index (χ2v) is 5.43. The Morgan fingerprint density at radius 1 is 1.33 bits per heavy atom. The standard InChI is InChI=1S/C16H15F3N4O/c1-23-9-12(14(22-23)16(17,18)19)15(24)20-7-6-10-8-21-13-5-3-2-4-11(10)13/h2-5,8-9,21H,6-7H2,1H3,(H,20,24). The molecule has 0 aliphatic carbocycles. The lowest BCUT2D eigenvalue weighted by molar-refractivity contribution is -0.141. The third-order valence-corrected chi connectivity index (χ3v) is 3.70. The van der Waals surface area contributed by atoms with Crippen LogP contribution in [0.5, 0.6) is 0 Å². The number of aryl methyl sites for hydroxylation is 1. The van der Waals surface area contributed by atoms with E-state index in [-0.39, 0.29) is 6.54 Å². The van der Waals surface area contributed by atoms with E-state index in [4.69, 9.17) is 0 Å². The Kier molecular flexibility index (Phi) is 4.04. The molecule has 0 atom stereocenters. The van der Waals surface area contributed by atoms with E-state index in [1.165, 1.54) is 7.05 Å². The molecule has 24 heavy (non-hydrogen) atoms. The van der Waals surface area contributed by atoms with E-state index < -0.39 is 23.3 Å². The van der Waals surface area contributed by atoms with Gasteiger partial charge >= 0.3 is 6.18 Å². The van der Waals surface area contributed by atoms with Crippen LogP contribution < -0.4 is 5.32 Å². The molecule has 0 saturated heterocycles. The van der Waals surface area contributed by atoms with Crippen molar-refractivity contribution in [1.82, 2.24) is 20.1 Å². The van der Waals surface area contributed by atoms with Gasteiger partial charge in [-0.25, -0.2) is 0 Å². The fraction of sp³-hybridized carbons (Fsp3) is 0.250. The van der Waals surface area contributed by atoms with Crippen LogP contribution in [0.3, 0.4) is 0 Å². The number of amides is 1. The van der Waals surface area contributed by atoms with Crippen molar-refractivity contribution in [3.63, 3.8) is 0 Å². The van der Waals surface area contributed by atoms with Gasteiger partial charge in [0, 0.05) is 36.9 Å². The Morgan fingerprint density at radius 3 is 2.83 bits per heavy atom. The predicted molar refractivity (Wildman–Crippen MR) is 82.5 cm³/mol. The van der Waals surface area contributed by atoms with Crippen molar-refractivity contribution < 1.29 is 18.0 Å². The number of hydrogen-bond donors (Lipinski definition) is 2. The maximum absolute atomic E-state index is 12.9. The average Bonchev–Trinajstić information content (AvgIpc) is 3.11. The smallest absolute Gasteiger partial charge is 0.361 e. The van der Waals surface area contributed by atoms with Crippen molar-refractivity contribution in [3.05, 3.63) is 53.5 Å². The van der Waals surface area contributed by atoms with Gasteiger partial charge in [-0.3, -0.25) is 9.48 Å². The van der Waals surface area contributed by atoms with Gasteiger partial charge in [0.1, 0.15) is 0 Å². The predicted octanol–water partition coefficient (Wildman–Crippen LogP) is 2.89. The number of fused-ring (bicyclic) bond motifs is 1. The van der Waals surface area contributed by atoms with Gasteiger partial charge in [0.05, 0.1) is 5.56 Å². The summed E-state index contributed by atoms with van der Waals surface area (Å²) in [6.07, 6.45) is -1.24. The summed E-state index contributed by atoms with van der Waals surface area (Å²) in [5.74, 6) is -0.782. The van der Waals surface area contributed by atoms with Gasteiger partial charge in [0.2, 0.25) is 0 Å². The topological polar surface area (TPSA) is 62.7 Å². The fourth-order valence-electron chi connectivity index (χ4n) is 2.61. The summed E-state index contributed by atoms with van der Waals surface area (Å²) >= 11 is 0. The highest BCUT2D eigenvalue weighted by atomic mass is 19.4. The number of rotatable bonds is 4. The van der Waals surface area contributed by atoms with Crippen LogP contribution in [0.4, 0.5) is 13.2 Å². The molecular formula is C16H15F3N4O. The Balaban J connectivity index is 1.68. The maximum Gasteiger partial charge on any atom is 0.435 e. The molecule has 2 aromatic heterocycles. The number of halogens is 3. The molecule has 1 amide bonds. The molecule has 0 saturated carbocycles. The van der Waals surface area contributed by atoms with Crippen molar-refractivity contribution in [2.75, 3.05) is 6.54 Å². The van der Waals surface area contributed by atoms with Gasteiger partial charge < -0.3 is 10.3 Å². The van der Waals surface area contributed by atoms with Gasteiger partial charge in [0.25, 0.3) is 5.91 Å². The molecule has 0 bridgehead atoms. The molecule has 0 fully saturated rings. The summed E-state index contributed by atoms with van der Waals surface area (Å²) in [6.45, 7) is 0.229. The molecule has 0 radical (unpaired) electrons. The SMILES string of the molecule is Cn1cc(C(=O)NCCc2c[nH]c3ccccc23)c(C(F)(F)F)n1. The zero-order valence-electron chi connectivity index (χ0n) is 12.8. The molecule has 3 aromatic rings. The van der Waals surface area contributed by atoms with Gasteiger partial charge in [-0.05, 0) is 18.1 Å². The molecule has 2 heterocycles. The van der Waals surface area contributed by atoms with Crippen LogP contribution in [0, 0.1) is 0 Å². The monoisotopic (exact) mass is 336 g/mol. The van der Waals surface area contributed by atoms with Crippen LogP contribution in [-0.4, -0.2) is 27.2 Å². The number of carbonyl (C=O) groups excluding carboxylic acids is 1. The van der Waals surface area contributed by atoms with Crippen LogP contribution in [-0.2, 0) is 19.6 Å². The Labute approximate surface area is 135 Å². The minimum atomic E-state index is -4.66. The van der Waals surface area contributed by atoms with E-state index in [2.05, 4.69) is 15.4 Å². The molecule has 0 aliphatic rings. The van der Waals surface area contributed by atoms with Crippen molar-refractivity contribution in [1.29, 1.82) is 0 Å². The molecule has 8 heteroatoms. The van der Waals surface area contributed by atoms with E-state index in [0.29, 0.717) is 6.42 Å². The number of benzene rings is 1. The number of carbonyl (C=O) groups is 1. The zero-order chi connectivity index (χ0) is 17.3. The quantitative estimate of drug-likeness (QED) is 0.769. The van der Waals surface area contributed by atoms with Crippen LogP contribution in [0.2, 0.25) is 0 Å². The van der Waals surface area contributed by atoms with Gasteiger partial charge in [0.15, 0.2) is 5.69 Å². The van der Waals surface area contributed by atoms with Crippen LogP contribution in [0.1, 0.15) is 21.6 Å². The Morgan fingerprint density at radius 2 is 2.08 bits per heavy atom. The number of nitrogens with one attached hydrogen (secondary N) is 2. The molecule has 2 N–H and O–H groups in total. The molecule has 0 spiro atoms. The molecule has 1 aromatic carbocycles. The first kappa shape index (κ1) is 16.1. The highest BCUT2D eigenvalue weighted by Crippen LogP contribution is 2.30. The van der Waals surface area contributed by atoms with Crippen LogP contribution in [0.25, 0.3) is 10.9 Å². The van der Waals surface area contributed by atoms with Crippen molar-refractivity contribution >= 4 is 16.8 Å². The number of aromatic nitrogens is 3. The molecule has 5 nitrogen and oxygen atoms in total. The first-order valence-corrected chi connectivity index (χ1v) is 7.30. The number of alkyl halides is 3. The molecule has 0 unspecified atom stereocenters. The highest BCUT2D eigenvalue weighted by Gasteiger charge is 2.38. The summed E-state index contributed by atoms with van der Waals surface area (Å²) in [5.41, 5.74) is 0.331. The molecule has 3 rings (SSSR count). The van der Waals surface area contributed by atoms with Gasteiger partial charge in [-0.1, -0.05) is 18.2 Å². The minimum Gasteiger partial charge on any atom is -0.361 e.